The van der Waals surface area contributed by atoms with Gasteiger partial charge in [0.15, 0.2) is 5.13 Å². The predicted molar refractivity (Wildman–Crippen MR) is 81.3 cm³/mol. The van der Waals surface area contributed by atoms with Crippen LogP contribution in [0.4, 0.5) is 0 Å². The number of hydrogen-bond donors (Lipinski definition) is 1. The van der Waals surface area contributed by atoms with Crippen molar-refractivity contribution in [3.8, 4) is 5.13 Å². The van der Waals surface area contributed by atoms with E-state index >= 15 is 0 Å². The minimum Gasteiger partial charge on any atom is -0.310 e. The summed E-state index contributed by atoms with van der Waals surface area (Å²) < 4.78 is 2.22. The molecule has 0 spiro atoms. The first-order valence-electron chi connectivity index (χ1n) is 7.43. The van der Waals surface area contributed by atoms with Gasteiger partial charge in [0, 0.05) is 55.2 Å². The van der Waals surface area contributed by atoms with Gasteiger partial charge in [-0.05, 0) is 31.4 Å². The topological polar surface area (TPSA) is 33.1 Å². The Morgan fingerprint density at radius 1 is 1.30 bits per heavy atom. The quantitative estimate of drug-likeness (QED) is 0.940. The largest absolute Gasteiger partial charge is 0.310 e. The monoisotopic (exact) mass is 288 g/mol. The minimum atomic E-state index is 0.700. The van der Waals surface area contributed by atoms with Gasteiger partial charge in [-0.1, -0.05) is 0 Å². The average Bonchev–Trinajstić information content (AvgIpc) is 3.13. The third-order valence-electron chi connectivity index (χ3n) is 4.45. The van der Waals surface area contributed by atoms with Gasteiger partial charge in [0.1, 0.15) is 0 Å². The fourth-order valence-corrected chi connectivity index (χ4v) is 4.11. The van der Waals surface area contributed by atoms with Crippen molar-refractivity contribution >= 4 is 11.3 Å². The average molecular weight is 288 g/mol. The number of nitrogens with zero attached hydrogens (tertiary/aromatic N) is 3. The highest BCUT2D eigenvalue weighted by molar-refractivity contribution is 7.12. The zero-order valence-corrected chi connectivity index (χ0v) is 12.4. The SMILES string of the molecule is c1cc(CN2CC[C@H]3CC[C@@H](C2)N3)n(-c2nccs2)c1. The van der Waals surface area contributed by atoms with Crippen LogP contribution in [-0.2, 0) is 6.54 Å². The highest BCUT2D eigenvalue weighted by Gasteiger charge is 2.29. The minimum absolute atomic E-state index is 0.700. The second-order valence-electron chi connectivity index (χ2n) is 5.85. The van der Waals surface area contributed by atoms with Gasteiger partial charge in [-0.3, -0.25) is 9.47 Å². The van der Waals surface area contributed by atoms with Crippen molar-refractivity contribution in [2.24, 2.45) is 0 Å². The molecule has 106 valence electrons. The van der Waals surface area contributed by atoms with Gasteiger partial charge < -0.3 is 5.32 Å². The molecule has 2 aliphatic heterocycles. The van der Waals surface area contributed by atoms with Crippen LogP contribution >= 0.6 is 11.3 Å². The number of hydrogen-bond acceptors (Lipinski definition) is 4. The van der Waals surface area contributed by atoms with Gasteiger partial charge in [-0.15, -0.1) is 11.3 Å². The Morgan fingerprint density at radius 2 is 2.25 bits per heavy atom. The third-order valence-corrected chi connectivity index (χ3v) is 5.22. The van der Waals surface area contributed by atoms with E-state index < -0.39 is 0 Å². The summed E-state index contributed by atoms with van der Waals surface area (Å²) in [6.07, 6.45) is 7.99. The lowest BCUT2D eigenvalue weighted by molar-refractivity contribution is 0.247. The first-order chi connectivity index (χ1) is 9.88. The summed E-state index contributed by atoms with van der Waals surface area (Å²) in [5.74, 6) is 0. The van der Waals surface area contributed by atoms with Crippen molar-refractivity contribution in [2.45, 2.75) is 37.9 Å². The van der Waals surface area contributed by atoms with E-state index in [9.17, 15) is 0 Å². The molecule has 2 aliphatic rings. The van der Waals surface area contributed by atoms with E-state index in [2.05, 4.69) is 38.1 Å². The Hall–Kier alpha value is -1.17. The molecule has 5 heteroatoms. The molecule has 0 aliphatic carbocycles. The molecule has 4 nitrogen and oxygen atoms in total. The van der Waals surface area contributed by atoms with Crippen molar-refractivity contribution in [2.75, 3.05) is 13.1 Å². The number of aromatic nitrogens is 2. The van der Waals surface area contributed by atoms with E-state index in [-0.39, 0.29) is 0 Å². The molecule has 0 radical (unpaired) electrons. The highest BCUT2D eigenvalue weighted by Crippen LogP contribution is 2.22. The van der Waals surface area contributed by atoms with E-state index in [1.165, 1.54) is 38.0 Å². The summed E-state index contributed by atoms with van der Waals surface area (Å²) >= 11 is 1.69. The molecule has 2 saturated heterocycles. The lowest BCUT2D eigenvalue weighted by Crippen LogP contribution is -2.35. The highest BCUT2D eigenvalue weighted by atomic mass is 32.1. The summed E-state index contributed by atoms with van der Waals surface area (Å²) in [6.45, 7) is 3.41. The molecule has 2 aromatic rings. The number of fused-ring (bicyclic) bond motifs is 2. The second kappa shape index (κ2) is 5.31. The molecule has 2 bridgehead atoms. The molecule has 0 aromatic carbocycles. The molecular weight excluding hydrogens is 268 g/mol. The fourth-order valence-electron chi connectivity index (χ4n) is 3.45. The lowest BCUT2D eigenvalue weighted by Gasteiger charge is -2.24. The zero-order valence-electron chi connectivity index (χ0n) is 11.5. The van der Waals surface area contributed by atoms with Crippen LogP contribution in [0.3, 0.4) is 0 Å². The second-order valence-corrected chi connectivity index (χ2v) is 6.72. The number of rotatable bonds is 3. The molecule has 0 unspecified atom stereocenters. The molecule has 1 N–H and O–H groups in total. The van der Waals surface area contributed by atoms with E-state index in [4.69, 9.17) is 0 Å². The van der Waals surface area contributed by atoms with Gasteiger partial charge in [0.05, 0.1) is 0 Å². The van der Waals surface area contributed by atoms with Crippen LogP contribution in [0.15, 0.2) is 29.9 Å². The molecule has 0 amide bonds. The number of thiazole rings is 1. The summed E-state index contributed by atoms with van der Waals surface area (Å²) in [4.78, 5) is 7.01. The van der Waals surface area contributed by atoms with Crippen LogP contribution < -0.4 is 5.32 Å². The van der Waals surface area contributed by atoms with Crippen LogP contribution in [0.1, 0.15) is 25.0 Å². The first kappa shape index (κ1) is 12.6. The Balaban J connectivity index is 1.50. The van der Waals surface area contributed by atoms with Gasteiger partial charge in [-0.25, -0.2) is 4.98 Å². The zero-order chi connectivity index (χ0) is 13.4. The molecule has 2 atom stereocenters. The molecular formula is C15H20N4S. The van der Waals surface area contributed by atoms with Crippen molar-refractivity contribution < 1.29 is 0 Å². The Labute approximate surface area is 123 Å². The summed E-state index contributed by atoms with van der Waals surface area (Å²) in [5.41, 5.74) is 1.35. The molecule has 0 saturated carbocycles. The number of likely N-dealkylation sites (tertiary alicyclic amines) is 1. The smallest absolute Gasteiger partial charge is 0.193 e. The first-order valence-corrected chi connectivity index (χ1v) is 8.31. The van der Waals surface area contributed by atoms with Crippen molar-refractivity contribution in [3.63, 3.8) is 0 Å². The van der Waals surface area contributed by atoms with Crippen LogP contribution in [0.2, 0.25) is 0 Å². The van der Waals surface area contributed by atoms with Crippen molar-refractivity contribution in [1.82, 2.24) is 19.8 Å². The Kier molecular flexibility index (Phi) is 3.34. The lowest BCUT2D eigenvalue weighted by atomic mass is 10.1. The fraction of sp³-hybridized carbons (Fsp3) is 0.533. The predicted octanol–water partition coefficient (Wildman–Crippen LogP) is 2.26. The van der Waals surface area contributed by atoms with E-state index in [0.29, 0.717) is 6.04 Å². The summed E-state index contributed by atoms with van der Waals surface area (Å²) in [5, 5.41) is 6.85. The normalized spacial score (nSPS) is 26.8. The van der Waals surface area contributed by atoms with E-state index in [1.54, 1.807) is 11.3 Å². The van der Waals surface area contributed by atoms with Gasteiger partial charge in [0.2, 0.25) is 0 Å². The van der Waals surface area contributed by atoms with Gasteiger partial charge in [-0.2, -0.15) is 0 Å². The molecule has 4 heterocycles. The molecule has 2 fully saturated rings. The molecule has 20 heavy (non-hydrogen) atoms. The van der Waals surface area contributed by atoms with Crippen LogP contribution in [0, 0.1) is 0 Å². The van der Waals surface area contributed by atoms with E-state index in [0.717, 1.165) is 17.7 Å². The maximum Gasteiger partial charge on any atom is 0.193 e. The molecule has 2 aromatic heterocycles. The summed E-state index contributed by atoms with van der Waals surface area (Å²) in [7, 11) is 0. The standard InChI is InChI=1S/C15H20N4S/c1-2-14(19(7-1)15-16-6-9-20-15)11-18-8-5-12-3-4-13(10-18)17-12/h1-2,6-7,9,12-13,17H,3-5,8,10-11H2/t12-,13+/m1/s1. The number of nitrogens with one attached hydrogen (secondary N) is 1. The molecule has 4 rings (SSSR count). The third kappa shape index (κ3) is 2.41. The van der Waals surface area contributed by atoms with Crippen LogP contribution in [-0.4, -0.2) is 39.6 Å². The van der Waals surface area contributed by atoms with Crippen LogP contribution in [0.5, 0.6) is 0 Å². The van der Waals surface area contributed by atoms with Crippen LogP contribution in [0.25, 0.3) is 5.13 Å². The van der Waals surface area contributed by atoms with Gasteiger partial charge in [0.25, 0.3) is 0 Å². The maximum absolute atomic E-state index is 4.42. The van der Waals surface area contributed by atoms with Crippen molar-refractivity contribution in [1.29, 1.82) is 0 Å². The Bertz CT molecular complexity index is 562. The van der Waals surface area contributed by atoms with Crippen molar-refractivity contribution in [3.05, 3.63) is 35.6 Å². The van der Waals surface area contributed by atoms with E-state index in [1.807, 2.05) is 11.6 Å². The Morgan fingerprint density at radius 3 is 3.15 bits per heavy atom. The van der Waals surface area contributed by atoms with Gasteiger partial charge >= 0.3 is 0 Å². The summed E-state index contributed by atoms with van der Waals surface area (Å²) in [6, 6.07) is 5.80. The maximum atomic E-state index is 4.42.